The Balaban J connectivity index is 1.67. The van der Waals surface area contributed by atoms with E-state index in [1.165, 1.54) is 17.1 Å². The van der Waals surface area contributed by atoms with Crippen molar-refractivity contribution >= 4 is 27.8 Å². The summed E-state index contributed by atoms with van der Waals surface area (Å²) in [6, 6.07) is 12.9. The molecule has 2 unspecified atom stereocenters. The quantitative estimate of drug-likeness (QED) is 0.520. The lowest BCUT2D eigenvalue weighted by molar-refractivity contribution is -0.662. The minimum absolute atomic E-state index is 0.375. The van der Waals surface area contributed by atoms with Crippen LogP contribution in [0.3, 0.4) is 0 Å². The van der Waals surface area contributed by atoms with Gasteiger partial charge < -0.3 is 0 Å². The van der Waals surface area contributed by atoms with E-state index in [0.29, 0.717) is 10.7 Å². The van der Waals surface area contributed by atoms with Crippen LogP contribution < -0.4 is 9.47 Å². The monoisotopic (exact) mass is 437 g/mol. The van der Waals surface area contributed by atoms with Crippen molar-refractivity contribution in [2.45, 2.75) is 42.3 Å². The molecule has 1 aromatic heterocycles. The maximum atomic E-state index is 10.00. The van der Waals surface area contributed by atoms with E-state index in [-0.39, 0.29) is 5.41 Å². The summed E-state index contributed by atoms with van der Waals surface area (Å²) in [6.45, 7) is 3.99. The number of allylic oxidation sites excluding steroid dienone is 1. The molecule has 0 spiro atoms. The van der Waals surface area contributed by atoms with E-state index in [0.717, 1.165) is 37.9 Å². The third-order valence-electron chi connectivity index (χ3n) is 6.20. The molecule has 4 rings (SSSR count). The molecule has 1 aliphatic carbocycles. The van der Waals surface area contributed by atoms with Gasteiger partial charge in [-0.15, -0.1) is 4.98 Å². The number of nitrogens with zero attached hydrogens (tertiary/aromatic N) is 4. The van der Waals surface area contributed by atoms with Crippen LogP contribution in [0.25, 0.3) is 6.08 Å². The summed E-state index contributed by atoms with van der Waals surface area (Å²) in [5, 5.41) is 10.00. The van der Waals surface area contributed by atoms with Gasteiger partial charge in [-0.3, -0.25) is 4.90 Å². The summed E-state index contributed by atoms with van der Waals surface area (Å²) in [7, 11) is 2.07. The summed E-state index contributed by atoms with van der Waals surface area (Å²) in [6.07, 6.45) is 9.13. The zero-order valence-corrected chi connectivity index (χ0v) is 18.1. The van der Waals surface area contributed by atoms with Gasteiger partial charge in [0.25, 0.3) is 0 Å². The van der Waals surface area contributed by atoms with Gasteiger partial charge in [-0.25, -0.2) is 4.57 Å². The van der Waals surface area contributed by atoms with Crippen molar-refractivity contribution in [3.05, 3.63) is 59.6 Å². The molecular formula is C23H26BrN4+. The third kappa shape index (κ3) is 3.35. The summed E-state index contributed by atoms with van der Waals surface area (Å²) in [5.41, 5.74) is 3.16. The molecule has 1 aromatic carbocycles. The Hall–Kier alpha value is -2.19. The van der Waals surface area contributed by atoms with E-state index >= 15 is 0 Å². The molecule has 0 saturated carbocycles. The first-order valence-corrected chi connectivity index (χ1v) is 10.9. The zero-order valence-electron chi connectivity index (χ0n) is 16.5. The van der Waals surface area contributed by atoms with E-state index < -0.39 is 0 Å². The van der Waals surface area contributed by atoms with Gasteiger partial charge in [-0.05, 0) is 18.1 Å². The van der Waals surface area contributed by atoms with Crippen molar-refractivity contribution in [2.75, 3.05) is 18.0 Å². The SMILES string of the molecule is CC1CC(Br)C=Cc2c1nc[n+](C)c2N1CCC(C#N)(c2ccccc2)CC1. The smallest absolute Gasteiger partial charge is 0.234 e. The van der Waals surface area contributed by atoms with Gasteiger partial charge in [0.15, 0.2) is 0 Å². The highest BCUT2D eigenvalue weighted by atomic mass is 79.9. The second kappa shape index (κ2) is 7.67. The fourth-order valence-corrected chi connectivity index (χ4v) is 5.29. The first-order chi connectivity index (χ1) is 13.5. The minimum Gasteiger partial charge on any atom is -0.292 e. The number of halogens is 1. The Kier molecular flexibility index (Phi) is 5.25. The fourth-order valence-electron chi connectivity index (χ4n) is 4.57. The van der Waals surface area contributed by atoms with Gasteiger partial charge in [0.2, 0.25) is 12.1 Å². The third-order valence-corrected chi connectivity index (χ3v) is 6.87. The molecule has 1 fully saturated rings. The van der Waals surface area contributed by atoms with Crippen LogP contribution >= 0.6 is 15.9 Å². The highest BCUT2D eigenvalue weighted by Gasteiger charge is 2.40. The number of rotatable bonds is 2. The number of piperidine rings is 1. The van der Waals surface area contributed by atoms with E-state index in [4.69, 9.17) is 4.98 Å². The number of benzene rings is 1. The molecule has 2 aromatic rings. The van der Waals surface area contributed by atoms with Crippen LogP contribution in [0.4, 0.5) is 5.82 Å². The van der Waals surface area contributed by atoms with Gasteiger partial charge in [-0.1, -0.05) is 59.3 Å². The van der Waals surface area contributed by atoms with Crippen molar-refractivity contribution in [3.8, 4) is 6.07 Å². The van der Waals surface area contributed by atoms with Crippen molar-refractivity contribution in [1.82, 2.24) is 4.98 Å². The molecule has 2 aliphatic rings. The molecule has 0 bridgehead atoms. The topological polar surface area (TPSA) is 43.8 Å². The predicted octanol–water partition coefficient (Wildman–Crippen LogP) is 4.25. The molecule has 4 nitrogen and oxygen atoms in total. The zero-order chi connectivity index (χ0) is 19.7. The number of aromatic nitrogens is 2. The van der Waals surface area contributed by atoms with Crippen LogP contribution in [0.15, 0.2) is 42.7 Å². The molecule has 28 heavy (non-hydrogen) atoms. The number of alkyl halides is 1. The second-order valence-corrected chi connectivity index (χ2v) is 9.21. The Morgan fingerprint density at radius 3 is 2.64 bits per heavy atom. The lowest BCUT2D eigenvalue weighted by Gasteiger charge is -2.36. The normalized spacial score (nSPS) is 23.6. The van der Waals surface area contributed by atoms with Crippen LogP contribution in [-0.2, 0) is 12.5 Å². The van der Waals surface area contributed by atoms with Crippen LogP contribution in [-0.4, -0.2) is 22.9 Å². The number of anilines is 1. The molecule has 2 heterocycles. The summed E-state index contributed by atoms with van der Waals surface area (Å²) < 4.78 is 2.13. The van der Waals surface area contributed by atoms with Crippen molar-refractivity contribution in [2.24, 2.45) is 7.05 Å². The van der Waals surface area contributed by atoms with Gasteiger partial charge >= 0.3 is 0 Å². The highest BCUT2D eigenvalue weighted by molar-refractivity contribution is 9.09. The Morgan fingerprint density at radius 2 is 1.96 bits per heavy atom. The van der Waals surface area contributed by atoms with E-state index in [1.807, 2.05) is 24.5 Å². The molecule has 1 aliphatic heterocycles. The number of aryl methyl sites for hydroxylation is 1. The van der Waals surface area contributed by atoms with Crippen molar-refractivity contribution in [3.63, 3.8) is 0 Å². The standard InChI is InChI=1S/C23H26BrN4/c1-17-14-19(24)8-9-20-21(17)26-16-27(2)22(20)28-12-10-23(15-25,11-13-28)18-6-4-3-5-7-18/h3-9,16-17,19H,10-14H2,1-2H3/q+1. The molecule has 144 valence electrons. The Morgan fingerprint density at radius 1 is 1.25 bits per heavy atom. The largest absolute Gasteiger partial charge is 0.292 e. The Bertz CT molecular complexity index is 924. The van der Waals surface area contributed by atoms with E-state index in [9.17, 15) is 5.26 Å². The fraction of sp³-hybridized carbons (Fsp3) is 0.435. The van der Waals surface area contributed by atoms with Crippen LogP contribution in [0, 0.1) is 11.3 Å². The summed E-state index contributed by atoms with van der Waals surface area (Å²) in [4.78, 5) is 7.56. The molecule has 5 heteroatoms. The molecule has 0 radical (unpaired) electrons. The lowest BCUT2D eigenvalue weighted by Crippen LogP contribution is -2.48. The van der Waals surface area contributed by atoms with Crippen molar-refractivity contribution < 1.29 is 4.57 Å². The lowest BCUT2D eigenvalue weighted by atomic mass is 9.74. The highest BCUT2D eigenvalue weighted by Crippen LogP contribution is 2.38. The number of hydrogen-bond donors (Lipinski definition) is 0. The molecule has 2 atom stereocenters. The predicted molar refractivity (Wildman–Crippen MR) is 115 cm³/mol. The van der Waals surface area contributed by atoms with Crippen LogP contribution in [0.5, 0.6) is 0 Å². The molecule has 0 N–H and O–H groups in total. The maximum absolute atomic E-state index is 10.00. The second-order valence-electron chi connectivity index (χ2n) is 8.04. The van der Waals surface area contributed by atoms with Gasteiger partial charge in [0.1, 0.15) is 5.69 Å². The Labute approximate surface area is 175 Å². The average Bonchev–Trinajstić information content (AvgIpc) is 2.87. The average molecular weight is 438 g/mol. The minimum atomic E-state index is -0.385. The number of nitriles is 1. The summed E-state index contributed by atoms with van der Waals surface area (Å²) >= 11 is 3.76. The van der Waals surface area contributed by atoms with Gasteiger partial charge in [0, 0.05) is 23.6 Å². The number of fused-ring (bicyclic) bond motifs is 1. The first kappa shape index (κ1) is 19.1. The van der Waals surface area contributed by atoms with Gasteiger partial charge in [0.05, 0.1) is 37.2 Å². The van der Waals surface area contributed by atoms with Crippen molar-refractivity contribution in [1.29, 1.82) is 5.26 Å². The van der Waals surface area contributed by atoms with Crippen LogP contribution in [0.2, 0.25) is 0 Å². The molecule has 0 amide bonds. The molecular weight excluding hydrogens is 412 g/mol. The van der Waals surface area contributed by atoms with E-state index in [2.05, 4.69) is 69.7 Å². The molecule has 1 saturated heterocycles. The number of hydrogen-bond acceptors (Lipinski definition) is 3. The van der Waals surface area contributed by atoms with Gasteiger partial charge in [-0.2, -0.15) is 5.26 Å². The van der Waals surface area contributed by atoms with E-state index in [1.54, 1.807) is 0 Å². The first-order valence-electron chi connectivity index (χ1n) is 9.96. The maximum Gasteiger partial charge on any atom is 0.234 e. The summed E-state index contributed by atoms with van der Waals surface area (Å²) in [5.74, 6) is 1.62. The van der Waals surface area contributed by atoms with Crippen LogP contribution in [0.1, 0.15) is 48.9 Å².